The minimum Gasteiger partial charge on any atom is -0.505 e. The normalized spacial score (nSPS) is 13.0. The number of nitrogens with zero attached hydrogens (tertiary/aromatic N) is 9. The highest BCUT2D eigenvalue weighted by atomic mass is 32.2. The van der Waals surface area contributed by atoms with Crippen LogP contribution >= 0.6 is 11.8 Å². The molecule has 7 rings (SSSR count). The molecule has 1 unspecified atom stereocenters. The molecule has 0 aliphatic heterocycles. The average molecular weight is 1050 g/mol. The summed E-state index contributed by atoms with van der Waals surface area (Å²) in [6, 6.07) is 20.0. The lowest BCUT2D eigenvalue weighted by Gasteiger charge is -2.13. The van der Waals surface area contributed by atoms with E-state index in [0.717, 1.165) is 48.2 Å². The summed E-state index contributed by atoms with van der Waals surface area (Å²) in [4.78, 5) is 8.26. The number of azo groups is 4. The van der Waals surface area contributed by atoms with Crippen LogP contribution in [0.4, 0.5) is 56.9 Å². The molecule has 25 nitrogen and oxygen atoms in total. The molecule has 0 amide bonds. The molecule has 0 heterocycles. The molecule has 0 saturated carbocycles. The number of nitro groups is 1. The fourth-order valence-corrected chi connectivity index (χ4v) is 9.34. The molecular weight excluding hydrogens is 1020 g/mol. The van der Waals surface area contributed by atoms with Gasteiger partial charge in [-0.15, -0.1) is 32.0 Å². The highest BCUT2D eigenvalue weighted by Crippen LogP contribution is 2.48. The third kappa shape index (κ3) is 10.7. The van der Waals surface area contributed by atoms with Crippen molar-refractivity contribution in [3.63, 3.8) is 0 Å². The van der Waals surface area contributed by atoms with Crippen LogP contribution in [0.1, 0.15) is 0 Å². The average Bonchev–Trinajstić information content (AvgIpc) is 3.29. The van der Waals surface area contributed by atoms with Crippen LogP contribution in [0.25, 0.3) is 21.5 Å². The van der Waals surface area contributed by atoms with Gasteiger partial charge in [0.15, 0.2) is 28.3 Å². The van der Waals surface area contributed by atoms with Crippen molar-refractivity contribution < 1.29 is 62.8 Å². The van der Waals surface area contributed by atoms with E-state index in [9.17, 15) is 63.4 Å². The maximum Gasteiger partial charge on any atom is 0.297 e. The lowest BCUT2D eigenvalue weighted by molar-refractivity contribution is -0.384. The molecule has 1 atom stereocenters. The molecule has 0 fully saturated rings. The number of phenols is 2. The maximum atomic E-state index is 13.0. The number of rotatable bonds is 14. The molecule has 30 heteroatoms. The SMILES string of the molecule is C#CSc1ccc(N=Nc2ccc3c(S(=O)O)cc(N=Nc4ccc5c(O)c(N=Nc6ccc(N=Nc7ccc(S(=O)(=O)O)cc7)cc6)c(S(=O)(=O)O)cc5c4S(=O)(=O)O)c(N)c3c2O)c([N+](=O)[O-])c1. The van der Waals surface area contributed by atoms with Gasteiger partial charge in [-0.2, -0.15) is 40.6 Å². The first-order valence-electron chi connectivity index (χ1n) is 18.7. The van der Waals surface area contributed by atoms with Crippen LogP contribution in [0, 0.1) is 21.8 Å². The maximum absolute atomic E-state index is 13.0. The Morgan fingerprint density at radius 3 is 1.70 bits per heavy atom. The molecule has 0 saturated heterocycles. The summed E-state index contributed by atoms with van der Waals surface area (Å²) in [5.41, 5.74) is 3.32. The van der Waals surface area contributed by atoms with Crippen molar-refractivity contribution in [1.82, 2.24) is 0 Å². The van der Waals surface area contributed by atoms with Gasteiger partial charge in [-0.1, -0.05) is 6.07 Å². The number of benzene rings is 7. The number of thioether (sulfide) groups is 1. The predicted octanol–water partition coefficient (Wildman–Crippen LogP) is 10.6. The number of fused-ring (bicyclic) bond motifs is 2. The van der Waals surface area contributed by atoms with Gasteiger partial charge in [0.2, 0.25) is 0 Å². The minimum absolute atomic E-state index is 0.0370. The van der Waals surface area contributed by atoms with E-state index in [1.54, 1.807) is 0 Å². The van der Waals surface area contributed by atoms with E-state index in [2.05, 4.69) is 46.2 Å². The van der Waals surface area contributed by atoms with Crippen molar-refractivity contribution >= 4 is 132 Å². The summed E-state index contributed by atoms with van der Waals surface area (Å²) in [5.74, 6) is -1.79. The minimum atomic E-state index is -5.45. The van der Waals surface area contributed by atoms with Gasteiger partial charge in [0.25, 0.3) is 36.0 Å². The fraction of sp³-hybridized carbons (Fsp3) is 0. The second kappa shape index (κ2) is 19.6. The van der Waals surface area contributed by atoms with Crippen molar-refractivity contribution in [2.45, 2.75) is 24.5 Å². The second-order valence-electron chi connectivity index (χ2n) is 13.9. The molecule has 0 aliphatic carbocycles. The summed E-state index contributed by atoms with van der Waals surface area (Å²) in [5, 5.41) is 66.1. The number of anilines is 1. The van der Waals surface area contributed by atoms with Crippen molar-refractivity contribution in [2.75, 3.05) is 5.73 Å². The van der Waals surface area contributed by atoms with Gasteiger partial charge in [0.05, 0.1) is 42.9 Å². The number of aromatic hydroxyl groups is 2. The molecular formula is C40H26N10O15S5. The third-order valence-electron chi connectivity index (χ3n) is 9.50. The zero-order chi connectivity index (χ0) is 50.9. The number of nitrogens with two attached hydrogens (primary N) is 1. The zero-order valence-corrected chi connectivity index (χ0v) is 38.5. The van der Waals surface area contributed by atoms with Gasteiger partial charge < -0.3 is 20.5 Å². The number of nitrogen functional groups attached to an aromatic ring is 1. The Morgan fingerprint density at radius 1 is 0.614 bits per heavy atom. The molecule has 0 radical (unpaired) electrons. The Kier molecular flexibility index (Phi) is 13.9. The molecule has 0 spiro atoms. The number of hydrogen-bond donors (Lipinski definition) is 7. The van der Waals surface area contributed by atoms with Crippen LogP contribution in [0.5, 0.6) is 11.5 Å². The van der Waals surface area contributed by atoms with Crippen molar-refractivity contribution in [3.05, 3.63) is 113 Å². The standard InChI is InChI=1S/C40H26N10O15S5/c1-2-66-23-9-14-28(32(17-23)50(53)54)45-46-29-15-13-26-33(67(55)56)19-31(36(41)35(26)39(29)52)48-47-30-16-12-25-27(40(30)70(63,64)65)18-34(69(60,61)62)37(38(25)51)49-44-21-5-3-20(4-6-21)42-43-22-7-10-24(11-8-22)68(57,58)59/h1,3-19,51-52H,41H2,(H,55,56)(H,57,58,59)(H,60,61,62)(H,63,64,65). The number of nitro benzene ring substituents is 1. The first-order chi connectivity index (χ1) is 33.0. The summed E-state index contributed by atoms with van der Waals surface area (Å²) in [6.45, 7) is 0. The van der Waals surface area contributed by atoms with Gasteiger partial charge in [-0.25, -0.2) is 4.21 Å². The van der Waals surface area contributed by atoms with Gasteiger partial charge in [-0.3, -0.25) is 23.8 Å². The number of phenolic OH excluding ortho intramolecular Hbond substituents is 2. The van der Waals surface area contributed by atoms with Gasteiger partial charge in [0, 0.05) is 27.1 Å². The largest absolute Gasteiger partial charge is 0.505 e. The molecule has 7 aromatic carbocycles. The zero-order valence-electron chi connectivity index (χ0n) is 34.4. The first-order valence-corrected chi connectivity index (χ1v) is 24.9. The Morgan fingerprint density at radius 2 is 1.14 bits per heavy atom. The third-order valence-corrected chi connectivity index (χ3v) is 13.5. The van der Waals surface area contributed by atoms with E-state index in [-0.39, 0.29) is 44.1 Å². The van der Waals surface area contributed by atoms with Crippen LogP contribution in [0.15, 0.2) is 169 Å². The molecule has 0 aromatic heterocycles. The van der Waals surface area contributed by atoms with E-state index in [0.29, 0.717) is 11.0 Å². The fourth-order valence-electron chi connectivity index (χ4n) is 6.37. The summed E-state index contributed by atoms with van der Waals surface area (Å²) < 4.78 is 126. The van der Waals surface area contributed by atoms with E-state index in [1.165, 1.54) is 60.7 Å². The van der Waals surface area contributed by atoms with Crippen molar-refractivity contribution in [2.24, 2.45) is 40.9 Å². The van der Waals surface area contributed by atoms with E-state index in [1.807, 2.05) is 0 Å². The lowest BCUT2D eigenvalue weighted by Crippen LogP contribution is -2.03. The van der Waals surface area contributed by atoms with E-state index >= 15 is 0 Å². The highest BCUT2D eigenvalue weighted by Gasteiger charge is 2.28. The predicted molar refractivity (Wildman–Crippen MR) is 251 cm³/mol. The van der Waals surface area contributed by atoms with E-state index < -0.39 is 112 Å². The van der Waals surface area contributed by atoms with Gasteiger partial charge >= 0.3 is 0 Å². The Balaban J connectivity index is 1.26. The van der Waals surface area contributed by atoms with Crippen LogP contribution in [0.2, 0.25) is 0 Å². The van der Waals surface area contributed by atoms with Crippen molar-refractivity contribution in [1.29, 1.82) is 0 Å². The summed E-state index contributed by atoms with van der Waals surface area (Å²) in [7, 11) is -15.2. The molecule has 356 valence electrons. The molecule has 8 N–H and O–H groups in total. The van der Waals surface area contributed by atoms with Crippen molar-refractivity contribution in [3.8, 4) is 23.2 Å². The molecule has 7 aromatic rings. The highest BCUT2D eigenvalue weighted by molar-refractivity contribution is 8.03. The molecule has 70 heavy (non-hydrogen) atoms. The smallest absolute Gasteiger partial charge is 0.297 e. The number of terminal acetylenes is 1. The topological polar surface area (TPSA) is 409 Å². The Hall–Kier alpha value is -7.99. The quantitative estimate of drug-likeness (QED) is 0.00777. The van der Waals surface area contributed by atoms with Crippen LogP contribution in [-0.2, 0) is 41.4 Å². The second-order valence-corrected chi connectivity index (χ2v) is 19.9. The first kappa shape index (κ1) is 49.9. The molecule has 0 aliphatic rings. The Labute approximate surface area is 400 Å². The molecule has 0 bridgehead atoms. The van der Waals surface area contributed by atoms with Crippen LogP contribution in [0.3, 0.4) is 0 Å². The summed E-state index contributed by atoms with van der Waals surface area (Å²) in [6.07, 6.45) is 5.27. The monoisotopic (exact) mass is 1050 g/mol. The van der Waals surface area contributed by atoms with Crippen LogP contribution in [-0.4, -0.2) is 62.8 Å². The van der Waals surface area contributed by atoms with E-state index in [4.69, 9.17) is 16.7 Å². The lowest BCUT2D eigenvalue weighted by atomic mass is 10.1. The number of hydrogen-bond acceptors (Lipinski definition) is 21. The van der Waals surface area contributed by atoms with Gasteiger partial charge in [0.1, 0.15) is 32.5 Å². The Bertz CT molecular complexity index is 3890. The summed E-state index contributed by atoms with van der Waals surface area (Å²) >= 11 is -1.93. The van der Waals surface area contributed by atoms with Crippen LogP contribution < -0.4 is 5.73 Å². The van der Waals surface area contributed by atoms with Gasteiger partial charge in [-0.05, 0) is 108 Å².